The Labute approximate surface area is 225 Å². The quantitative estimate of drug-likeness (QED) is 0.120. The maximum Gasteiger partial charge on any atom is 0.340 e. The summed E-state index contributed by atoms with van der Waals surface area (Å²) in [5.41, 5.74) is 1.50. The lowest BCUT2D eigenvalue weighted by molar-refractivity contribution is -0.0483. The number of ether oxygens (including phenoxy) is 1. The van der Waals surface area contributed by atoms with E-state index in [0.717, 1.165) is 16.3 Å². The number of nitrogens with one attached hydrogen (secondary N) is 1. The first kappa shape index (κ1) is 28.1. The number of halogens is 1. The van der Waals surface area contributed by atoms with Crippen LogP contribution in [0.5, 0.6) is 0 Å². The van der Waals surface area contributed by atoms with Crippen molar-refractivity contribution in [1.82, 2.24) is 19.5 Å². The number of hydrogen-bond acceptors (Lipinski definition) is 10. The minimum atomic E-state index is -4.84. The predicted molar refractivity (Wildman–Crippen MR) is 140 cm³/mol. The number of rotatable bonds is 9. The van der Waals surface area contributed by atoms with E-state index in [1.807, 2.05) is 42.5 Å². The monoisotopic (exact) mass is 599 g/mol. The number of imidazole rings is 1. The van der Waals surface area contributed by atoms with Gasteiger partial charge in [-0.1, -0.05) is 42.5 Å². The van der Waals surface area contributed by atoms with E-state index in [9.17, 15) is 24.2 Å². The molecular formula is C22H24ClN5O9P2. The highest BCUT2D eigenvalue weighted by atomic mass is 35.5. The smallest absolute Gasteiger partial charge is 0.340 e. The van der Waals surface area contributed by atoms with Crippen LogP contribution in [0.3, 0.4) is 0 Å². The van der Waals surface area contributed by atoms with Crippen molar-refractivity contribution in [3.05, 3.63) is 59.6 Å². The number of aliphatic hydroxyl groups is 2. The third-order valence-electron chi connectivity index (χ3n) is 6.14. The predicted octanol–water partition coefficient (Wildman–Crippen LogP) is 2.20. The normalized spacial score (nSPS) is 23.3. The van der Waals surface area contributed by atoms with Crippen molar-refractivity contribution in [2.75, 3.05) is 17.8 Å². The average Bonchev–Trinajstić information content (AvgIpc) is 3.40. The number of aliphatic hydroxyl groups excluding tert-OH is 2. The summed E-state index contributed by atoms with van der Waals surface area (Å²) in [6, 6.07) is 13.9. The summed E-state index contributed by atoms with van der Waals surface area (Å²) in [6.45, 7) is -0.324. The van der Waals surface area contributed by atoms with Gasteiger partial charge in [0.05, 0.1) is 12.9 Å². The molecule has 0 saturated carbocycles. The van der Waals surface area contributed by atoms with Gasteiger partial charge in [0.25, 0.3) is 0 Å². The molecule has 5 rings (SSSR count). The van der Waals surface area contributed by atoms with Gasteiger partial charge in [0.2, 0.25) is 5.28 Å². The van der Waals surface area contributed by atoms with Crippen molar-refractivity contribution in [2.45, 2.75) is 31.1 Å². The molecule has 2 aromatic heterocycles. The van der Waals surface area contributed by atoms with Crippen LogP contribution in [0.2, 0.25) is 5.28 Å². The largest absolute Gasteiger partial charge is 0.387 e. The van der Waals surface area contributed by atoms with Gasteiger partial charge in [0.1, 0.15) is 18.3 Å². The average molecular weight is 600 g/mol. The molecule has 17 heteroatoms. The minimum absolute atomic E-state index is 0.115. The molecule has 0 radical (unpaired) electrons. The second-order valence-electron chi connectivity index (χ2n) is 8.94. The Morgan fingerprint density at radius 2 is 1.79 bits per heavy atom. The lowest BCUT2D eigenvalue weighted by Gasteiger charge is -2.18. The number of fused-ring (bicyclic) bond motifs is 2. The van der Waals surface area contributed by atoms with E-state index in [0.29, 0.717) is 17.9 Å². The molecule has 0 amide bonds. The molecule has 1 saturated heterocycles. The number of benzene rings is 2. The Hall–Kier alpha value is -2.48. The Morgan fingerprint density at radius 1 is 1.05 bits per heavy atom. The Balaban J connectivity index is 1.36. The molecule has 0 spiro atoms. The summed E-state index contributed by atoms with van der Waals surface area (Å²) in [6.07, 6.45) is -4.33. The van der Waals surface area contributed by atoms with Gasteiger partial charge < -0.3 is 39.5 Å². The van der Waals surface area contributed by atoms with E-state index >= 15 is 0 Å². The fraction of sp³-hybridized carbons (Fsp3) is 0.318. The van der Waals surface area contributed by atoms with E-state index in [4.69, 9.17) is 30.6 Å². The van der Waals surface area contributed by atoms with Crippen molar-refractivity contribution in [2.24, 2.45) is 0 Å². The van der Waals surface area contributed by atoms with Crippen molar-refractivity contribution < 1.29 is 43.3 Å². The maximum absolute atomic E-state index is 12.0. The first-order valence-corrected chi connectivity index (χ1v) is 15.5. The molecule has 3 heterocycles. The van der Waals surface area contributed by atoms with Crippen LogP contribution in [0.4, 0.5) is 5.82 Å². The van der Waals surface area contributed by atoms with Crippen LogP contribution in [-0.2, 0) is 24.9 Å². The van der Waals surface area contributed by atoms with Gasteiger partial charge in [0.15, 0.2) is 29.1 Å². The van der Waals surface area contributed by atoms with Gasteiger partial charge in [0, 0.05) is 6.54 Å². The summed E-state index contributed by atoms with van der Waals surface area (Å²) >= 11 is 6.18. The van der Waals surface area contributed by atoms with E-state index in [1.165, 1.54) is 10.9 Å². The van der Waals surface area contributed by atoms with E-state index in [-0.39, 0.29) is 10.9 Å². The van der Waals surface area contributed by atoms with Crippen LogP contribution >= 0.6 is 26.8 Å². The van der Waals surface area contributed by atoms with Crippen LogP contribution in [0.1, 0.15) is 11.8 Å². The molecular weight excluding hydrogens is 576 g/mol. The third kappa shape index (κ3) is 6.16. The van der Waals surface area contributed by atoms with Gasteiger partial charge >= 0.3 is 15.2 Å². The number of aromatic nitrogens is 4. The zero-order valence-corrected chi connectivity index (χ0v) is 22.5. The standard InChI is InChI=1S/C22H24ClN5O9P2/c23-22-26-19(24-8-13-6-3-5-12-4-1-2-7-14(12)13)16-20(27-22)28(10-25-16)21-18(30)17(29)15(37-21)9-36-39(34,35)11-38(31,32)33/h1-7,10,15,17-18,21,29-30H,8-9,11H2,(H,34,35)(H,24,26,27)(H2,31,32,33)/t15-,17+,18+,21-/m1/s1. The second kappa shape index (κ2) is 10.8. The molecule has 0 bridgehead atoms. The van der Waals surface area contributed by atoms with Crippen LogP contribution in [0, 0.1) is 0 Å². The van der Waals surface area contributed by atoms with E-state index < -0.39 is 52.2 Å². The van der Waals surface area contributed by atoms with Gasteiger partial charge in [-0.15, -0.1) is 0 Å². The Kier molecular flexibility index (Phi) is 7.79. The fourth-order valence-electron chi connectivity index (χ4n) is 4.39. The molecule has 1 unspecified atom stereocenters. The first-order chi connectivity index (χ1) is 18.4. The summed E-state index contributed by atoms with van der Waals surface area (Å²) in [4.78, 5) is 40.3. The lowest BCUT2D eigenvalue weighted by atomic mass is 10.0. The second-order valence-corrected chi connectivity index (χ2v) is 13.3. The van der Waals surface area contributed by atoms with Crippen molar-refractivity contribution in [3.63, 3.8) is 0 Å². The number of hydrogen-bond donors (Lipinski definition) is 6. The molecule has 6 N–H and O–H groups in total. The minimum Gasteiger partial charge on any atom is -0.387 e. The molecule has 5 atom stereocenters. The zero-order valence-electron chi connectivity index (χ0n) is 20.0. The van der Waals surface area contributed by atoms with Gasteiger partial charge in [-0.25, -0.2) is 4.98 Å². The Morgan fingerprint density at radius 3 is 2.56 bits per heavy atom. The van der Waals surface area contributed by atoms with Crippen molar-refractivity contribution in [1.29, 1.82) is 0 Å². The summed E-state index contributed by atoms with van der Waals surface area (Å²) in [7, 11) is -9.53. The summed E-state index contributed by atoms with van der Waals surface area (Å²) in [5.74, 6) is -1.08. The first-order valence-electron chi connectivity index (χ1n) is 11.5. The van der Waals surface area contributed by atoms with Crippen molar-refractivity contribution >= 4 is 54.5 Å². The van der Waals surface area contributed by atoms with Crippen LogP contribution < -0.4 is 5.32 Å². The highest BCUT2D eigenvalue weighted by molar-refractivity contribution is 7.70. The summed E-state index contributed by atoms with van der Waals surface area (Å²) < 4.78 is 34.8. The molecule has 39 heavy (non-hydrogen) atoms. The summed E-state index contributed by atoms with van der Waals surface area (Å²) in [5, 5.41) is 26.3. The van der Waals surface area contributed by atoms with Crippen LogP contribution in [0.25, 0.3) is 21.9 Å². The molecule has 1 fully saturated rings. The SMILES string of the molecule is O=P(O)(O)CP(=O)(O)OC[C@H]1O[C@@H](n2cnc3c(NCc4cccc5ccccc45)nc(Cl)nc32)[C@@H](O)[C@H]1O. The highest BCUT2D eigenvalue weighted by Gasteiger charge is 2.45. The molecule has 14 nitrogen and oxygen atoms in total. The van der Waals surface area contributed by atoms with E-state index in [1.54, 1.807) is 0 Å². The molecule has 1 aliphatic heterocycles. The molecule has 1 aliphatic rings. The van der Waals surface area contributed by atoms with Gasteiger partial charge in [-0.3, -0.25) is 13.7 Å². The van der Waals surface area contributed by atoms with Gasteiger partial charge in [-0.2, -0.15) is 9.97 Å². The van der Waals surface area contributed by atoms with Crippen molar-refractivity contribution in [3.8, 4) is 0 Å². The topological polar surface area (TPSA) is 209 Å². The van der Waals surface area contributed by atoms with Gasteiger partial charge in [-0.05, 0) is 27.9 Å². The maximum atomic E-state index is 12.0. The van der Waals surface area contributed by atoms with Crippen LogP contribution in [0.15, 0.2) is 48.8 Å². The zero-order chi connectivity index (χ0) is 27.9. The molecule has 4 aromatic rings. The number of nitrogens with zero attached hydrogens (tertiary/aromatic N) is 4. The lowest BCUT2D eigenvalue weighted by Crippen LogP contribution is -2.33. The Bertz CT molecular complexity index is 1610. The molecule has 0 aliphatic carbocycles. The molecule has 2 aromatic carbocycles. The third-order valence-corrected chi connectivity index (χ3v) is 9.76. The van der Waals surface area contributed by atoms with Crippen LogP contribution in [-0.4, -0.2) is 75.2 Å². The number of anilines is 1. The van der Waals surface area contributed by atoms with E-state index in [2.05, 4.69) is 20.3 Å². The highest BCUT2D eigenvalue weighted by Crippen LogP contribution is 2.55. The molecule has 208 valence electrons. The fourth-order valence-corrected chi connectivity index (χ4v) is 7.12.